The highest BCUT2D eigenvalue weighted by atomic mass is 35.5. The number of halogens is 1. The highest BCUT2D eigenvalue weighted by molar-refractivity contribution is 6.30. The minimum absolute atomic E-state index is 0.0925. The van der Waals surface area contributed by atoms with Crippen molar-refractivity contribution in [1.82, 2.24) is 5.32 Å². The van der Waals surface area contributed by atoms with Gasteiger partial charge >= 0.3 is 0 Å². The maximum absolute atomic E-state index is 12.2. The topological polar surface area (TPSA) is 58.2 Å². The molecule has 0 heterocycles. The molecule has 2 amide bonds. The van der Waals surface area contributed by atoms with E-state index in [1.807, 2.05) is 48.5 Å². The second kappa shape index (κ2) is 8.86. The Morgan fingerprint density at radius 1 is 0.962 bits per heavy atom. The Bertz CT molecular complexity index is 764. The number of para-hydroxylation sites is 1. The molecular weight excluding hydrogens is 348 g/mol. The van der Waals surface area contributed by atoms with E-state index in [0.717, 1.165) is 16.8 Å². The molecule has 0 saturated carbocycles. The molecule has 0 aliphatic carbocycles. The summed E-state index contributed by atoms with van der Waals surface area (Å²) in [4.78, 5) is 24.2. The Hall–Kier alpha value is -2.33. The maximum Gasteiger partial charge on any atom is 0.233 e. The summed E-state index contributed by atoms with van der Waals surface area (Å²) < 4.78 is 0. The first-order valence-corrected chi connectivity index (χ1v) is 9.04. The third-order valence-corrected chi connectivity index (χ3v) is 4.23. The summed E-state index contributed by atoms with van der Waals surface area (Å²) in [6.45, 7) is 6.73. The Labute approximate surface area is 159 Å². The molecule has 0 spiro atoms. The van der Waals surface area contributed by atoms with Crippen LogP contribution in [0, 0.1) is 0 Å². The molecule has 0 unspecified atom stereocenters. The third kappa shape index (κ3) is 6.19. The summed E-state index contributed by atoms with van der Waals surface area (Å²) in [5.41, 5.74) is 2.78. The predicted octanol–water partition coefficient (Wildman–Crippen LogP) is 4.33. The quantitative estimate of drug-likeness (QED) is 0.741. The van der Waals surface area contributed by atoms with E-state index in [1.165, 1.54) is 0 Å². The zero-order valence-electron chi connectivity index (χ0n) is 15.4. The van der Waals surface area contributed by atoms with Crippen molar-refractivity contribution in [3.05, 3.63) is 64.7 Å². The molecule has 26 heavy (non-hydrogen) atoms. The molecule has 5 heteroatoms. The molecule has 0 saturated heterocycles. The highest BCUT2D eigenvalue weighted by Gasteiger charge is 2.19. The lowest BCUT2D eigenvalue weighted by atomic mass is 9.86. The van der Waals surface area contributed by atoms with Gasteiger partial charge < -0.3 is 10.6 Å². The zero-order valence-corrected chi connectivity index (χ0v) is 16.2. The first kappa shape index (κ1) is 20.0. The third-order valence-electron chi connectivity index (χ3n) is 3.98. The van der Waals surface area contributed by atoms with Crippen LogP contribution in [-0.4, -0.2) is 18.4 Å². The Kier molecular flexibility index (Phi) is 6.81. The number of carbonyl (C=O) groups excluding carboxylic acids is 2. The van der Waals surface area contributed by atoms with Crippen molar-refractivity contribution >= 4 is 29.1 Å². The van der Waals surface area contributed by atoms with Crippen LogP contribution in [0.2, 0.25) is 5.02 Å². The molecule has 0 atom stereocenters. The Morgan fingerprint density at radius 3 is 2.27 bits per heavy atom. The van der Waals surface area contributed by atoms with Crippen LogP contribution in [0.3, 0.4) is 0 Å². The maximum atomic E-state index is 12.2. The smallest absolute Gasteiger partial charge is 0.233 e. The van der Waals surface area contributed by atoms with E-state index in [2.05, 4.69) is 31.4 Å². The first-order valence-electron chi connectivity index (χ1n) is 8.66. The summed E-state index contributed by atoms with van der Waals surface area (Å²) in [5, 5.41) is 6.31. The van der Waals surface area contributed by atoms with Gasteiger partial charge in [0.05, 0.1) is 0 Å². The van der Waals surface area contributed by atoms with E-state index in [4.69, 9.17) is 11.6 Å². The summed E-state index contributed by atoms with van der Waals surface area (Å²) in [6, 6.07) is 15.1. The second-order valence-electron chi connectivity index (χ2n) is 7.25. The van der Waals surface area contributed by atoms with Gasteiger partial charge in [0, 0.05) is 17.3 Å². The van der Waals surface area contributed by atoms with E-state index >= 15 is 0 Å². The molecule has 0 aromatic heterocycles. The van der Waals surface area contributed by atoms with Crippen LogP contribution in [0.1, 0.15) is 38.3 Å². The van der Waals surface area contributed by atoms with Crippen LogP contribution in [-0.2, 0) is 21.4 Å². The average Bonchev–Trinajstić information content (AvgIpc) is 2.56. The molecule has 138 valence electrons. The van der Waals surface area contributed by atoms with Gasteiger partial charge in [-0.15, -0.1) is 0 Å². The number of anilines is 1. The molecule has 2 aromatic rings. The van der Waals surface area contributed by atoms with Gasteiger partial charge in [-0.3, -0.25) is 9.59 Å². The van der Waals surface area contributed by atoms with Gasteiger partial charge in [-0.05, 0) is 41.2 Å². The van der Waals surface area contributed by atoms with Crippen molar-refractivity contribution < 1.29 is 9.59 Å². The van der Waals surface area contributed by atoms with Crippen LogP contribution in [0.4, 0.5) is 5.69 Å². The number of hydrogen-bond acceptors (Lipinski definition) is 2. The van der Waals surface area contributed by atoms with Crippen LogP contribution in [0.15, 0.2) is 48.5 Å². The molecule has 2 aromatic carbocycles. The number of carbonyl (C=O) groups is 2. The van der Waals surface area contributed by atoms with Gasteiger partial charge in [0.15, 0.2) is 0 Å². The largest absolute Gasteiger partial charge is 0.355 e. The van der Waals surface area contributed by atoms with Crippen molar-refractivity contribution in [2.24, 2.45) is 0 Å². The number of hydrogen-bond donors (Lipinski definition) is 2. The SMILES string of the molecule is CC(C)(C)c1ccccc1NC(=O)CC(=O)NCCc1ccc(Cl)cc1. The average molecular weight is 373 g/mol. The normalized spacial score (nSPS) is 11.1. The van der Waals surface area contributed by atoms with Crippen LogP contribution < -0.4 is 10.6 Å². The van der Waals surface area contributed by atoms with Gasteiger partial charge in [-0.2, -0.15) is 0 Å². The summed E-state index contributed by atoms with van der Waals surface area (Å²) >= 11 is 5.84. The van der Waals surface area contributed by atoms with Gasteiger partial charge in [0.1, 0.15) is 6.42 Å². The van der Waals surface area contributed by atoms with Crippen molar-refractivity contribution in [1.29, 1.82) is 0 Å². The van der Waals surface area contributed by atoms with Gasteiger partial charge in [0.2, 0.25) is 11.8 Å². The lowest BCUT2D eigenvalue weighted by Gasteiger charge is -2.22. The molecular formula is C21H25ClN2O2. The molecule has 2 N–H and O–H groups in total. The Balaban J connectivity index is 1.82. The number of amides is 2. The second-order valence-corrected chi connectivity index (χ2v) is 7.68. The standard InChI is InChI=1S/C21H25ClN2O2/c1-21(2,3)17-6-4-5-7-18(17)24-20(26)14-19(25)23-13-12-15-8-10-16(22)11-9-15/h4-11H,12-14H2,1-3H3,(H,23,25)(H,24,26). The summed E-state index contributed by atoms with van der Waals surface area (Å²) in [6.07, 6.45) is 0.497. The molecule has 0 radical (unpaired) electrons. The first-order chi connectivity index (χ1) is 12.3. The zero-order chi connectivity index (χ0) is 19.2. The van der Waals surface area contributed by atoms with E-state index in [0.29, 0.717) is 18.0 Å². The van der Waals surface area contributed by atoms with Crippen molar-refractivity contribution in [2.45, 2.75) is 39.0 Å². The van der Waals surface area contributed by atoms with Gasteiger partial charge in [-0.25, -0.2) is 0 Å². The van der Waals surface area contributed by atoms with Crippen molar-refractivity contribution in [3.63, 3.8) is 0 Å². The van der Waals surface area contributed by atoms with E-state index in [1.54, 1.807) is 0 Å². The minimum atomic E-state index is -0.314. The molecule has 4 nitrogen and oxygen atoms in total. The molecule has 0 fully saturated rings. The van der Waals surface area contributed by atoms with Crippen molar-refractivity contribution in [3.8, 4) is 0 Å². The fourth-order valence-electron chi connectivity index (χ4n) is 2.65. The Morgan fingerprint density at radius 2 is 1.62 bits per heavy atom. The predicted molar refractivity (Wildman–Crippen MR) is 107 cm³/mol. The highest BCUT2D eigenvalue weighted by Crippen LogP contribution is 2.29. The summed E-state index contributed by atoms with van der Waals surface area (Å²) in [5.74, 6) is -0.601. The fourth-order valence-corrected chi connectivity index (χ4v) is 2.77. The molecule has 0 aliphatic heterocycles. The van der Waals surface area contributed by atoms with E-state index in [9.17, 15) is 9.59 Å². The van der Waals surface area contributed by atoms with Crippen molar-refractivity contribution in [2.75, 3.05) is 11.9 Å². The van der Waals surface area contributed by atoms with Crippen LogP contribution in [0.25, 0.3) is 0 Å². The van der Waals surface area contributed by atoms with E-state index < -0.39 is 0 Å². The van der Waals surface area contributed by atoms with E-state index in [-0.39, 0.29) is 23.7 Å². The minimum Gasteiger partial charge on any atom is -0.355 e. The fraction of sp³-hybridized carbons (Fsp3) is 0.333. The number of nitrogens with one attached hydrogen (secondary N) is 2. The number of rotatable bonds is 6. The van der Waals surface area contributed by atoms with Gasteiger partial charge in [0.25, 0.3) is 0 Å². The lowest BCUT2D eigenvalue weighted by molar-refractivity contribution is -0.126. The molecule has 0 bridgehead atoms. The summed E-state index contributed by atoms with van der Waals surface area (Å²) in [7, 11) is 0. The van der Waals surface area contributed by atoms with Crippen LogP contribution in [0.5, 0.6) is 0 Å². The van der Waals surface area contributed by atoms with Crippen LogP contribution >= 0.6 is 11.6 Å². The monoisotopic (exact) mass is 372 g/mol. The lowest BCUT2D eigenvalue weighted by Crippen LogP contribution is -2.30. The van der Waals surface area contributed by atoms with Gasteiger partial charge in [-0.1, -0.05) is 62.7 Å². The number of benzene rings is 2. The molecule has 2 rings (SSSR count). The molecule has 0 aliphatic rings.